The molecule has 44 valence electrons. The van der Waals surface area contributed by atoms with Crippen molar-refractivity contribution in [3.8, 4) is 0 Å². The van der Waals surface area contributed by atoms with Crippen LogP contribution in [0.4, 0.5) is 0 Å². The molecule has 1 heterocycles. The van der Waals surface area contributed by atoms with Crippen LogP contribution in [0.1, 0.15) is 12.8 Å². The molecule has 0 bridgehead atoms. The minimum absolute atomic E-state index is 0.0355. The predicted molar refractivity (Wildman–Crippen MR) is 21.1 cm³/mol. The van der Waals surface area contributed by atoms with Gasteiger partial charge in [0.05, 0.1) is 0 Å². The third-order valence-electron chi connectivity index (χ3n) is 0.991. The van der Waals surface area contributed by atoms with Crippen LogP contribution < -0.4 is 0 Å². The van der Waals surface area contributed by atoms with E-state index in [1.807, 2.05) is 0 Å². The van der Waals surface area contributed by atoms with Crippen LogP contribution in [0.25, 0.3) is 0 Å². The third kappa shape index (κ3) is 0.896. The van der Waals surface area contributed by atoms with Crippen molar-refractivity contribution in [3.63, 3.8) is 0 Å². The zero-order valence-corrected chi connectivity index (χ0v) is 6.99. The van der Waals surface area contributed by atoms with Crippen molar-refractivity contribution in [2.24, 2.45) is 0 Å². The Morgan fingerprint density at radius 3 is 1.75 bits per heavy atom. The Morgan fingerprint density at radius 2 is 1.62 bits per heavy atom. The van der Waals surface area contributed by atoms with E-state index in [0.29, 0.717) is 12.8 Å². The third-order valence-corrected chi connectivity index (χ3v) is 2.46. The molecule has 1 aliphatic heterocycles. The van der Waals surface area contributed by atoms with E-state index in [9.17, 15) is 9.59 Å². The molecule has 0 aromatic carbocycles. The van der Waals surface area contributed by atoms with Crippen LogP contribution in [0.3, 0.4) is 0 Å². The van der Waals surface area contributed by atoms with E-state index in [0.717, 1.165) is 25.0 Å². The maximum absolute atomic E-state index is 10.5. The molecule has 0 saturated carbocycles. The summed E-state index contributed by atoms with van der Waals surface area (Å²) < 4.78 is 1.22. The summed E-state index contributed by atoms with van der Waals surface area (Å²) in [7, 11) is 0. The summed E-state index contributed by atoms with van der Waals surface area (Å²) in [6, 6.07) is 0. The van der Waals surface area contributed by atoms with Crippen molar-refractivity contribution in [2.45, 2.75) is 12.8 Å². The van der Waals surface area contributed by atoms with Gasteiger partial charge in [0.2, 0.25) is 0 Å². The number of carbonyl (C=O) groups is 2. The number of hydrogen-bond donors (Lipinski definition) is 0. The average molecular weight is 308 g/mol. The summed E-state index contributed by atoms with van der Waals surface area (Å²) in [5.41, 5.74) is 0. The summed E-state index contributed by atoms with van der Waals surface area (Å²) in [4.78, 5) is 21.0. The molecule has 2 amide bonds. The molecule has 1 aliphatic rings. The molecule has 0 unspecified atom stereocenters. The summed E-state index contributed by atoms with van der Waals surface area (Å²) in [5.74, 6) is -0.0710. The quantitative estimate of drug-likeness (QED) is 0.571. The zero-order chi connectivity index (χ0) is 6.15. The van der Waals surface area contributed by atoms with E-state index in [4.69, 9.17) is 0 Å². The number of imide groups is 1. The number of nitrogens with zero attached hydrogens (tertiary/aromatic N) is 1. The van der Waals surface area contributed by atoms with E-state index in [2.05, 4.69) is 0 Å². The fourth-order valence-electron chi connectivity index (χ4n) is 0.549. The second-order valence-corrected chi connectivity index (χ2v) is 2.88. The van der Waals surface area contributed by atoms with E-state index in [-0.39, 0.29) is 11.8 Å². The molecule has 1 fully saturated rings. The summed E-state index contributed by atoms with van der Waals surface area (Å²) in [5, 5.41) is 0. The first-order chi connectivity index (χ1) is 3.72. The number of carbonyl (C=O) groups excluding carboxylic acids is 2. The predicted octanol–water partition coefficient (Wildman–Crippen LogP) is -0.400. The summed E-state index contributed by atoms with van der Waals surface area (Å²) in [6.07, 6.45) is 0.824. The van der Waals surface area contributed by atoms with Crippen LogP contribution in [0.15, 0.2) is 0 Å². The van der Waals surface area contributed by atoms with Crippen LogP contribution in [0.2, 0.25) is 0 Å². The van der Waals surface area contributed by atoms with Crippen LogP contribution in [-0.4, -0.2) is 14.7 Å². The van der Waals surface area contributed by atoms with Crippen molar-refractivity contribution < 1.29 is 34.6 Å². The van der Waals surface area contributed by atoms with Gasteiger partial charge in [-0.3, -0.25) is 0 Å². The second-order valence-electron chi connectivity index (χ2n) is 1.57. The molecule has 3 nitrogen and oxygen atoms in total. The van der Waals surface area contributed by atoms with Crippen molar-refractivity contribution in [3.05, 3.63) is 0 Å². The Bertz CT molecular complexity index is 129. The minimum atomic E-state index is -0.0355. The van der Waals surface area contributed by atoms with Gasteiger partial charge >= 0.3 is 62.1 Å². The fourth-order valence-corrected chi connectivity index (χ4v) is 1.21. The number of hydrogen-bond acceptors (Lipinski definition) is 2. The van der Waals surface area contributed by atoms with Gasteiger partial charge in [-0.15, -0.1) is 0 Å². The normalized spacial score (nSPS) is 20.4. The first kappa shape index (κ1) is 6.15. The first-order valence-electron chi connectivity index (χ1n) is 2.23. The molecular weight excluding hydrogens is 304 g/mol. The molecule has 4 heteroatoms. The van der Waals surface area contributed by atoms with E-state index < -0.39 is 0 Å². The van der Waals surface area contributed by atoms with Crippen molar-refractivity contribution >= 4 is 11.8 Å². The SMILES string of the molecule is O=C1CCC(=O)N1[At]. The summed E-state index contributed by atoms with van der Waals surface area (Å²) in [6.45, 7) is 0. The molecule has 0 atom stereocenters. The Balaban J connectivity index is 2.70. The zero-order valence-electron chi connectivity index (χ0n) is 4.06. The van der Waals surface area contributed by atoms with E-state index in [1.165, 1.54) is 2.84 Å². The van der Waals surface area contributed by atoms with Gasteiger partial charge in [0, 0.05) is 0 Å². The Morgan fingerprint density at radius 1 is 1.25 bits per heavy atom. The van der Waals surface area contributed by atoms with Crippen molar-refractivity contribution in [1.82, 2.24) is 2.84 Å². The number of amides is 2. The number of rotatable bonds is 0. The Labute approximate surface area is 62.3 Å². The monoisotopic (exact) mass is 308 g/mol. The van der Waals surface area contributed by atoms with Crippen LogP contribution in [0, 0.1) is 25.0 Å². The summed E-state index contributed by atoms with van der Waals surface area (Å²) >= 11 is 1.13. The van der Waals surface area contributed by atoms with Gasteiger partial charge < -0.3 is 0 Å². The molecule has 0 aliphatic carbocycles. The van der Waals surface area contributed by atoms with Gasteiger partial charge in [0.15, 0.2) is 0 Å². The molecule has 8 heavy (non-hydrogen) atoms. The van der Waals surface area contributed by atoms with Gasteiger partial charge in [-0.05, 0) is 0 Å². The Hall–Kier alpha value is 0.0231. The second kappa shape index (κ2) is 2.10. The first-order valence-corrected chi connectivity index (χ1v) is 3.55. The molecule has 1 rings (SSSR count). The average Bonchev–Trinajstić information content (AvgIpc) is 1.98. The molecule has 0 N–H and O–H groups in total. The molecule has 0 radical (unpaired) electrons. The molecule has 0 aromatic heterocycles. The molecular formula is C4H4AtNO2. The van der Waals surface area contributed by atoms with E-state index >= 15 is 0 Å². The molecule has 1 saturated heterocycles. The van der Waals surface area contributed by atoms with Crippen LogP contribution >= 0.6 is 0 Å². The molecule has 0 aromatic rings. The standard InChI is InChI=1S/C4H4AtNO2/c5-6-3(7)1-2-4(6)8/h1-2H2. The van der Waals surface area contributed by atoms with Gasteiger partial charge in [-0.25, -0.2) is 0 Å². The van der Waals surface area contributed by atoms with Gasteiger partial charge in [0.1, 0.15) is 0 Å². The topological polar surface area (TPSA) is 37.4 Å². The van der Waals surface area contributed by atoms with Crippen molar-refractivity contribution in [2.75, 3.05) is 0 Å². The maximum atomic E-state index is 10.5. The van der Waals surface area contributed by atoms with Crippen LogP contribution in [-0.2, 0) is 9.59 Å². The van der Waals surface area contributed by atoms with Crippen LogP contribution in [0.5, 0.6) is 0 Å². The Kier molecular flexibility index (Phi) is 1.61. The molecule has 0 spiro atoms. The van der Waals surface area contributed by atoms with Crippen molar-refractivity contribution in [1.29, 1.82) is 0 Å². The van der Waals surface area contributed by atoms with E-state index in [1.54, 1.807) is 0 Å². The van der Waals surface area contributed by atoms with Gasteiger partial charge in [-0.1, -0.05) is 0 Å². The van der Waals surface area contributed by atoms with Gasteiger partial charge in [0.25, 0.3) is 0 Å². The fraction of sp³-hybridized carbons (Fsp3) is 0.500. The van der Waals surface area contributed by atoms with Gasteiger partial charge in [-0.2, -0.15) is 0 Å².